The van der Waals surface area contributed by atoms with Crippen molar-refractivity contribution in [2.45, 2.75) is 6.92 Å². The summed E-state index contributed by atoms with van der Waals surface area (Å²) in [5.74, 6) is 0. The van der Waals surface area contributed by atoms with Gasteiger partial charge >= 0.3 is 0 Å². The van der Waals surface area contributed by atoms with Gasteiger partial charge in [0.25, 0.3) is 0 Å². The lowest BCUT2D eigenvalue weighted by Crippen LogP contribution is -1.75. The van der Waals surface area contributed by atoms with Gasteiger partial charge in [0.1, 0.15) is 0 Å². The van der Waals surface area contributed by atoms with Crippen molar-refractivity contribution in [3.8, 4) is 0 Å². The van der Waals surface area contributed by atoms with E-state index < -0.39 is 0 Å². The molecule has 0 bridgehead atoms. The van der Waals surface area contributed by atoms with E-state index in [9.17, 15) is 0 Å². The van der Waals surface area contributed by atoms with Gasteiger partial charge in [-0.3, -0.25) is 0 Å². The number of fused-ring (bicyclic) bond motifs is 1. The van der Waals surface area contributed by atoms with Gasteiger partial charge in [0.05, 0.1) is 0 Å². The summed E-state index contributed by atoms with van der Waals surface area (Å²) in [5.41, 5.74) is 1.32. The maximum absolute atomic E-state index is 3.08. The fourth-order valence-electron chi connectivity index (χ4n) is 1.32. The molecule has 2 aromatic rings. The quantitative estimate of drug-likeness (QED) is 0.529. The Bertz CT molecular complexity index is 369. The number of hydrogen-bond acceptors (Lipinski definition) is 0. The Hall–Kier alpha value is -1.30. The molecule has 0 atom stereocenters. The van der Waals surface area contributed by atoms with Crippen molar-refractivity contribution in [3.05, 3.63) is 48.0 Å². The molecule has 0 unspecified atom stereocenters. The molecule has 0 fully saturated rings. The summed E-state index contributed by atoms with van der Waals surface area (Å²) in [7, 11) is 0. The van der Waals surface area contributed by atoms with E-state index in [2.05, 4.69) is 37.3 Å². The summed E-state index contributed by atoms with van der Waals surface area (Å²) in [4.78, 5) is 0. The van der Waals surface area contributed by atoms with Crippen molar-refractivity contribution in [2.75, 3.05) is 0 Å². The fraction of sp³-hybridized carbons (Fsp3) is 0.0909. The number of benzene rings is 2. The van der Waals surface area contributed by atoms with Crippen LogP contribution in [0.25, 0.3) is 10.8 Å². The third kappa shape index (κ3) is 1.01. The molecule has 0 heteroatoms. The molecule has 0 aliphatic rings. The van der Waals surface area contributed by atoms with Crippen LogP contribution in [0.3, 0.4) is 0 Å². The van der Waals surface area contributed by atoms with Crippen LogP contribution >= 0.6 is 0 Å². The number of rotatable bonds is 0. The van der Waals surface area contributed by atoms with E-state index in [1.807, 2.05) is 12.1 Å². The lowest BCUT2D eigenvalue weighted by atomic mass is 10.1. The Morgan fingerprint density at radius 3 is 2.91 bits per heavy atom. The molecule has 1 radical (unpaired) electrons. The van der Waals surface area contributed by atoms with Crippen molar-refractivity contribution in [1.29, 1.82) is 0 Å². The van der Waals surface area contributed by atoms with Crippen LogP contribution in [0, 0.1) is 13.0 Å². The molecule has 0 spiro atoms. The highest BCUT2D eigenvalue weighted by atomic mass is 14.0. The van der Waals surface area contributed by atoms with Crippen molar-refractivity contribution in [1.82, 2.24) is 0 Å². The van der Waals surface area contributed by atoms with Crippen LogP contribution in [0.15, 0.2) is 36.4 Å². The molecular weight excluding hydrogens is 132 g/mol. The first-order valence-corrected chi connectivity index (χ1v) is 3.73. The minimum atomic E-state index is 1.30. The predicted molar refractivity (Wildman–Crippen MR) is 47.5 cm³/mol. The van der Waals surface area contributed by atoms with Crippen LogP contribution in [-0.2, 0) is 0 Å². The zero-order chi connectivity index (χ0) is 7.68. The molecule has 2 aromatic carbocycles. The molecular formula is C11H9. The van der Waals surface area contributed by atoms with Crippen molar-refractivity contribution in [2.24, 2.45) is 0 Å². The van der Waals surface area contributed by atoms with Gasteiger partial charge in [-0.15, -0.1) is 0 Å². The highest BCUT2D eigenvalue weighted by Gasteiger charge is 1.92. The van der Waals surface area contributed by atoms with E-state index in [4.69, 9.17) is 0 Å². The van der Waals surface area contributed by atoms with Gasteiger partial charge in [0, 0.05) is 0 Å². The van der Waals surface area contributed by atoms with Gasteiger partial charge in [-0.05, 0) is 35.4 Å². The third-order valence-corrected chi connectivity index (χ3v) is 1.94. The molecule has 0 saturated carbocycles. The van der Waals surface area contributed by atoms with Crippen molar-refractivity contribution in [3.63, 3.8) is 0 Å². The highest BCUT2D eigenvalue weighted by molar-refractivity contribution is 5.85. The van der Waals surface area contributed by atoms with Crippen LogP contribution in [0.2, 0.25) is 0 Å². The monoisotopic (exact) mass is 141 g/mol. The topological polar surface area (TPSA) is 0 Å². The molecule has 0 heterocycles. The maximum Gasteiger partial charge on any atom is -0.0149 e. The Kier molecular flexibility index (Phi) is 1.39. The Balaban J connectivity index is 2.91. The van der Waals surface area contributed by atoms with Gasteiger partial charge in [-0.2, -0.15) is 0 Å². The summed E-state index contributed by atoms with van der Waals surface area (Å²) in [6.07, 6.45) is 0. The van der Waals surface area contributed by atoms with Gasteiger partial charge in [0.2, 0.25) is 0 Å². The lowest BCUT2D eigenvalue weighted by molar-refractivity contribution is 1.53. The van der Waals surface area contributed by atoms with Crippen LogP contribution < -0.4 is 0 Å². The molecule has 11 heavy (non-hydrogen) atoms. The minimum Gasteiger partial charge on any atom is -0.0614 e. The molecule has 2 rings (SSSR count). The minimum absolute atomic E-state index is 1.30. The SMILES string of the molecule is Cc1cccc2cc[c]cc12. The van der Waals surface area contributed by atoms with E-state index >= 15 is 0 Å². The number of hydrogen-bond donors (Lipinski definition) is 0. The molecule has 53 valence electrons. The van der Waals surface area contributed by atoms with Crippen molar-refractivity contribution < 1.29 is 0 Å². The maximum atomic E-state index is 3.08. The van der Waals surface area contributed by atoms with E-state index in [1.165, 1.54) is 16.3 Å². The molecule has 0 aromatic heterocycles. The summed E-state index contributed by atoms with van der Waals surface area (Å²) in [6, 6.07) is 15.5. The normalized spacial score (nSPS) is 10.3. The first kappa shape index (κ1) is 6.41. The number of aryl methyl sites for hydroxylation is 1. The van der Waals surface area contributed by atoms with Gasteiger partial charge in [-0.1, -0.05) is 30.3 Å². The second-order valence-electron chi connectivity index (χ2n) is 2.72. The first-order valence-electron chi connectivity index (χ1n) is 3.73. The van der Waals surface area contributed by atoms with Crippen LogP contribution in [0.4, 0.5) is 0 Å². The van der Waals surface area contributed by atoms with E-state index in [0.29, 0.717) is 0 Å². The van der Waals surface area contributed by atoms with E-state index in [0.717, 1.165) is 0 Å². The van der Waals surface area contributed by atoms with E-state index in [1.54, 1.807) is 0 Å². The third-order valence-electron chi connectivity index (χ3n) is 1.94. The Labute approximate surface area is 66.5 Å². The fourth-order valence-corrected chi connectivity index (χ4v) is 1.32. The molecule has 0 amide bonds. The van der Waals surface area contributed by atoms with Crippen LogP contribution in [0.5, 0.6) is 0 Å². The first-order chi connectivity index (χ1) is 5.38. The smallest absolute Gasteiger partial charge is 0.0149 e. The van der Waals surface area contributed by atoms with Gasteiger partial charge in [-0.25, -0.2) is 0 Å². The standard InChI is InChI=1S/C11H9/c1-9-5-4-7-10-6-2-3-8-11(9)10/h2,4-8H,1H3. The predicted octanol–water partition coefficient (Wildman–Crippen LogP) is 2.95. The Morgan fingerprint density at radius 2 is 2.09 bits per heavy atom. The second-order valence-corrected chi connectivity index (χ2v) is 2.72. The van der Waals surface area contributed by atoms with Crippen molar-refractivity contribution >= 4 is 10.8 Å². The molecule has 0 N–H and O–H groups in total. The second kappa shape index (κ2) is 2.39. The van der Waals surface area contributed by atoms with Crippen LogP contribution in [-0.4, -0.2) is 0 Å². The highest BCUT2D eigenvalue weighted by Crippen LogP contribution is 2.16. The average Bonchev–Trinajstić information content (AvgIpc) is 2.06. The molecule has 0 aliphatic heterocycles. The average molecular weight is 141 g/mol. The van der Waals surface area contributed by atoms with Gasteiger partial charge < -0.3 is 0 Å². The molecule has 0 aliphatic carbocycles. The molecule has 0 nitrogen and oxygen atoms in total. The summed E-state index contributed by atoms with van der Waals surface area (Å²) >= 11 is 0. The van der Waals surface area contributed by atoms with Gasteiger partial charge in [0.15, 0.2) is 0 Å². The van der Waals surface area contributed by atoms with Crippen LogP contribution in [0.1, 0.15) is 5.56 Å². The molecule has 0 saturated heterocycles. The summed E-state index contributed by atoms with van der Waals surface area (Å²) in [5, 5.41) is 2.60. The summed E-state index contributed by atoms with van der Waals surface area (Å²) < 4.78 is 0. The largest absolute Gasteiger partial charge is 0.0614 e. The zero-order valence-electron chi connectivity index (χ0n) is 6.46. The lowest BCUT2D eigenvalue weighted by Gasteiger charge is -1.98. The van der Waals surface area contributed by atoms with E-state index in [-0.39, 0.29) is 0 Å². The zero-order valence-corrected chi connectivity index (χ0v) is 6.46. The Morgan fingerprint density at radius 1 is 1.18 bits per heavy atom. The summed E-state index contributed by atoms with van der Waals surface area (Å²) in [6.45, 7) is 2.12.